The second-order valence-electron chi connectivity index (χ2n) is 8.92. The Labute approximate surface area is 203 Å². The molecule has 3 aromatic rings. The zero-order valence-corrected chi connectivity index (χ0v) is 19.8. The standard InChI is InChI=1S/C26H28N4O5/c1-15(2)21(13-24(31)28-23-12-22(25(32)33)29-30(23)3)27-26(34)35-14-20-18-10-6-4-8-16(18)17-9-5-7-11-19(17)20/h4-12,15,20-21H,13-14H2,1-3H3,(H,27,34)(H,28,31)(H,32,33). The fourth-order valence-electron chi connectivity index (χ4n) is 4.33. The van der Waals surface area contributed by atoms with Crippen molar-refractivity contribution in [3.63, 3.8) is 0 Å². The summed E-state index contributed by atoms with van der Waals surface area (Å²) in [5, 5.41) is 18.3. The van der Waals surface area contributed by atoms with Gasteiger partial charge in [-0.3, -0.25) is 9.48 Å². The number of ether oxygens (including phenoxy) is 1. The van der Waals surface area contributed by atoms with E-state index < -0.39 is 18.1 Å². The molecule has 4 rings (SSSR count). The summed E-state index contributed by atoms with van der Waals surface area (Å²) < 4.78 is 6.89. The molecule has 0 aliphatic heterocycles. The number of fused-ring (bicyclic) bond motifs is 3. The van der Waals surface area contributed by atoms with Gasteiger partial charge in [-0.25, -0.2) is 9.59 Å². The van der Waals surface area contributed by atoms with Crippen LogP contribution in [-0.2, 0) is 16.6 Å². The van der Waals surface area contributed by atoms with E-state index in [2.05, 4.69) is 40.0 Å². The molecule has 2 aromatic carbocycles. The van der Waals surface area contributed by atoms with Crippen molar-refractivity contribution < 1.29 is 24.2 Å². The maximum absolute atomic E-state index is 12.7. The Balaban J connectivity index is 1.37. The number of hydrogen-bond acceptors (Lipinski definition) is 5. The lowest BCUT2D eigenvalue weighted by atomic mass is 9.98. The van der Waals surface area contributed by atoms with Crippen LogP contribution in [0.1, 0.15) is 47.8 Å². The number of alkyl carbamates (subject to hydrolysis) is 1. The van der Waals surface area contributed by atoms with Crippen LogP contribution in [0.3, 0.4) is 0 Å². The monoisotopic (exact) mass is 476 g/mol. The number of carbonyl (C=O) groups excluding carboxylic acids is 2. The topological polar surface area (TPSA) is 123 Å². The highest BCUT2D eigenvalue weighted by atomic mass is 16.5. The average Bonchev–Trinajstić information content (AvgIpc) is 3.35. The van der Waals surface area contributed by atoms with Crippen LogP contribution in [0.4, 0.5) is 10.6 Å². The number of nitrogens with one attached hydrogen (secondary N) is 2. The second-order valence-corrected chi connectivity index (χ2v) is 8.92. The molecule has 9 nitrogen and oxygen atoms in total. The minimum Gasteiger partial charge on any atom is -0.476 e. The molecule has 0 saturated heterocycles. The predicted octanol–water partition coefficient (Wildman–Crippen LogP) is 4.01. The molecule has 1 heterocycles. The van der Waals surface area contributed by atoms with Crippen molar-refractivity contribution in [3.8, 4) is 11.1 Å². The van der Waals surface area contributed by atoms with E-state index in [9.17, 15) is 14.4 Å². The largest absolute Gasteiger partial charge is 0.476 e. The van der Waals surface area contributed by atoms with Crippen LogP contribution in [-0.4, -0.2) is 45.5 Å². The van der Waals surface area contributed by atoms with E-state index in [0.717, 1.165) is 22.3 Å². The van der Waals surface area contributed by atoms with Gasteiger partial charge < -0.3 is 20.5 Å². The molecule has 0 bridgehead atoms. The van der Waals surface area contributed by atoms with Gasteiger partial charge in [-0.2, -0.15) is 5.10 Å². The Hall–Kier alpha value is -4.14. The molecule has 1 atom stereocenters. The molecule has 3 N–H and O–H groups in total. The fraction of sp³-hybridized carbons (Fsp3) is 0.308. The number of carbonyl (C=O) groups is 3. The van der Waals surface area contributed by atoms with E-state index >= 15 is 0 Å². The number of benzene rings is 2. The normalized spacial score (nSPS) is 13.1. The van der Waals surface area contributed by atoms with Crippen LogP contribution in [0.5, 0.6) is 0 Å². The van der Waals surface area contributed by atoms with Crippen molar-refractivity contribution >= 4 is 23.8 Å². The smallest absolute Gasteiger partial charge is 0.407 e. The lowest BCUT2D eigenvalue weighted by Crippen LogP contribution is -2.41. The van der Waals surface area contributed by atoms with Crippen LogP contribution in [0.2, 0.25) is 0 Å². The van der Waals surface area contributed by atoms with Crippen molar-refractivity contribution in [3.05, 3.63) is 71.4 Å². The first-order valence-corrected chi connectivity index (χ1v) is 11.4. The molecular weight excluding hydrogens is 448 g/mol. The lowest BCUT2D eigenvalue weighted by molar-refractivity contribution is -0.116. The number of anilines is 1. The van der Waals surface area contributed by atoms with Gasteiger partial charge in [-0.15, -0.1) is 0 Å². The van der Waals surface area contributed by atoms with E-state index in [1.807, 2.05) is 38.1 Å². The third-order valence-corrected chi connectivity index (χ3v) is 6.22. The molecule has 0 spiro atoms. The molecule has 1 aliphatic rings. The summed E-state index contributed by atoms with van der Waals surface area (Å²) >= 11 is 0. The zero-order valence-electron chi connectivity index (χ0n) is 19.8. The number of amides is 2. The van der Waals surface area contributed by atoms with Crippen LogP contribution in [0.25, 0.3) is 11.1 Å². The van der Waals surface area contributed by atoms with Gasteiger partial charge in [0.2, 0.25) is 5.91 Å². The predicted molar refractivity (Wildman–Crippen MR) is 130 cm³/mol. The Morgan fingerprint density at radius 2 is 1.66 bits per heavy atom. The van der Waals surface area contributed by atoms with Gasteiger partial charge in [0.1, 0.15) is 12.4 Å². The Morgan fingerprint density at radius 3 is 2.20 bits per heavy atom. The molecule has 1 aliphatic carbocycles. The van der Waals surface area contributed by atoms with Gasteiger partial charge in [0.05, 0.1) is 0 Å². The first-order chi connectivity index (χ1) is 16.7. The minimum absolute atomic E-state index is 0.00452. The SMILES string of the molecule is CC(C)C(CC(=O)Nc1cc(C(=O)O)nn1C)NC(=O)OCC1c2ccccc2-c2ccccc21. The zero-order chi connectivity index (χ0) is 25.1. The summed E-state index contributed by atoms with van der Waals surface area (Å²) in [7, 11) is 1.54. The molecule has 1 aromatic heterocycles. The van der Waals surface area contributed by atoms with E-state index in [1.165, 1.54) is 17.8 Å². The van der Waals surface area contributed by atoms with Gasteiger partial charge in [0.15, 0.2) is 5.69 Å². The average molecular weight is 477 g/mol. The molecule has 182 valence electrons. The highest BCUT2D eigenvalue weighted by molar-refractivity contribution is 5.93. The number of aromatic carboxylic acids is 1. The molecule has 0 saturated carbocycles. The number of carboxylic acids is 1. The number of nitrogens with zero attached hydrogens (tertiary/aromatic N) is 2. The summed E-state index contributed by atoms with van der Waals surface area (Å²) in [5.41, 5.74) is 4.38. The second kappa shape index (κ2) is 10.0. The molecule has 1 unspecified atom stereocenters. The Bertz CT molecular complexity index is 1220. The maximum atomic E-state index is 12.7. The number of carboxylic acid groups (broad SMARTS) is 1. The lowest BCUT2D eigenvalue weighted by Gasteiger charge is -2.22. The fourth-order valence-corrected chi connectivity index (χ4v) is 4.33. The van der Waals surface area contributed by atoms with Crippen molar-refractivity contribution in [2.45, 2.75) is 32.2 Å². The summed E-state index contributed by atoms with van der Waals surface area (Å²) in [6, 6.07) is 17.0. The van der Waals surface area contributed by atoms with E-state index in [4.69, 9.17) is 9.84 Å². The van der Waals surface area contributed by atoms with Crippen molar-refractivity contribution in [2.75, 3.05) is 11.9 Å². The highest BCUT2D eigenvalue weighted by Crippen LogP contribution is 2.44. The van der Waals surface area contributed by atoms with Crippen LogP contribution >= 0.6 is 0 Å². The van der Waals surface area contributed by atoms with Crippen LogP contribution in [0.15, 0.2) is 54.6 Å². The van der Waals surface area contributed by atoms with Gasteiger partial charge in [-0.05, 0) is 28.2 Å². The van der Waals surface area contributed by atoms with E-state index in [1.54, 1.807) is 0 Å². The van der Waals surface area contributed by atoms with Crippen molar-refractivity contribution in [1.82, 2.24) is 15.1 Å². The van der Waals surface area contributed by atoms with Crippen molar-refractivity contribution in [1.29, 1.82) is 0 Å². The highest BCUT2D eigenvalue weighted by Gasteiger charge is 2.29. The molecule has 2 amide bonds. The van der Waals surface area contributed by atoms with Crippen LogP contribution < -0.4 is 10.6 Å². The maximum Gasteiger partial charge on any atom is 0.407 e. The summed E-state index contributed by atoms with van der Waals surface area (Å²) in [6.07, 6.45) is -0.595. The molecule has 0 radical (unpaired) electrons. The quantitative estimate of drug-likeness (QED) is 0.452. The molecule has 9 heteroatoms. The van der Waals surface area contributed by atoms with Crippen molar-refractivity contribution in [2.24, 2.45) is 13.0 Å². The number of rotatable bonds is 8. The van der Waals surface area contributed by atoms with E-state index in [0.29, 0.717) is 0 Å². The minimum atomic E-state index is -1.18. The first kappa shape index (κ1) is 24.0. The summed E-state index contributed by atoms with van der Waals surface area (Å²) in [6.45, 7) is 3.98. The number of aryl methyl sites for hydroxylation is 1. The number of hydrogen-bond donors (Lipinski definition) is 3. The van der Waals surface area contributed by atoms with Gasteiger partial charge in [0, 0.05) is 31.5 Å². The molecule has 35 heavy (non-hydrogen) atoms. The summed E-state index contributed by atoms with van der Waals surface area (Å²) in [4.78, 5) is 36.3. The van der Waals surface area contributed by atoms with E-state index in [-0.39, 0.29) is 42.3 Å². The van der Waals surface area contributed by atoms with Gasteiger partial charge >= 0.3 is 12.1 Å². The van der Waals surface area contributed by atoms with Crippen LogP contribution in [0, 0.1) is 5.92 Å². The Kier molecular flexibility index (Phi) is 6.86. The third-order valence-electron chi connectivity index (χ3n) is 6.22. The van der Waals surface area contributed by atoms with Gasteiger partial charge in [0.25, 0.3) is 0 Å². The third kappa shape index (κ3) is 5.18. The Morgan fingerprint density at radius 1 is 1.06 bits per heavy atom. The number of aromatic nitrogens is 2. The van der Waals surface area contributed by atoms with Gasteiger partial charge in [-0.1, -0.05) is 62.4 Å². The summed E-state index contributed by atoms with van der Waals surface area (Å²) in [5.74, 6) is -1.39. The molecule has 0 fully saturated rings. The first-order valence-electron chi connectivity index (χ1n) is 11.4. The molecular formula is C26H28N4O5.